The van der Waals surface area contributed by atoms with Crippen molar-refractivity contribution in [2.75, 3.05) is 18.1 Å². The lowest BCUT2D eigenvalue weighted by molar-refractivity contribution is 0.595. The molecule has 1 aromatic rings. The van der Waals surface area contributed by atoms with E-state index in [2.05, 4.69) is 48.3 Å². The van der Waals surface area contributed by atoms with Crippen LogP contribution < -0.4 is 5.32 Å². The molecule has 1 aliphatic heterocycles. The van der Waals surface area contributed by atoms with Crippen molar-refractivity contribution in [2.24, 2.45) is 0 Å². The molecule has 1 saturated heterocycles. The van der Waals surface area contributed by atoms with E-state index in [0.29, 0.717) is 6.04 Å². The first-order chi connectivity index (χ1) is 7.90. The van der Waals surface area contributed by atoms with Crippen LogP contribution in [0.25, 0.3) is 0 Å². The zero-order chi connectivity index (χ0) is 11.2. The molecule has 88 valence electrons. The van der Waals surface area contributed by atoms with Crippen molar-refractivity contribution in [3.8, 4) is 0 Å². The molecule has 1 nitrogen and oxygen atoms in total. The molecule has 1 aromatic carbocycles. The summed E-state index contributed by atoms with van der Waals surface area (Å²) in [6, 6.07) is 9.76. The lowest BCUT2D eigenvalue weighted by atomic mass is 10.0. The standard InChI is InChI=1S/C14H21NS/c1-2-3-4-12-5-7-13(8-6-12)14-11-16-10-9-15-14/h5-8,14-15H,2-4,9-11H2,1H3. The number of benzene rings is 1. The Morgan fingerprint density at radius 3 is 2.75 bits per heavy atom. The summed E-state index contributed by atoms with van der Waals surface area (Å²) in [5.74, 6) is 2.47. The predicted octanol–water partition coefficient (Wildman–Crippen LogP) is 3.41. The Balaban J connectivity index is 1.95. The van der Waals surface area contributed by atoms with E-state index in [0.717, 1.165) is 6.54 Å². The Kier molecular flexibility index (Phi) is 4.73. The highest BCUT2D eigenvalue weighted by molar-refractivity contribution is 7.99. The number of hydrogen-bond acceptors (Lipinski definition) is 2. The third-order valence-electron chi connectivity index (χ3n) is 3.12. The van der Waals surface area contributed by atoms with Crippen LogP contribution in [-0.4, -0.2) is 18.1 Å². The number of nitrogens with one attached hydrogen (secondary N) is 1. The maximum atomic E-state index is 3.58. The molecule has 0 spiro atoms. The highest BCUT2D eigenvalue weighted by atomic mass is 32.2. The lowest BCUT2D eigenvalue weighted by Crippen LogP contribution is -2.30. The highest BCUT2D eigenvalue weighted by Crippen LogP contribution is 2.22. The zero-order valence-corrected chi connectivity index (χ0v) is 10.9. The second kappa shape index (κ2) is 6.31. The number of thioether (sulfide) groups is 1. The summed E-state index contributed by atoms with van der Waals surface area (Å²) >= 11 is 2.05. The normalized spacial score (nSPS) is 20.9. The largest absolute Gasteiger partial charge is 0.308 e. The van der Waals surface area contributed by atoms with Gasteiger partial charge in [-0.3, -0.25) is 0 Å². The van der Waals surface area contributed by atoms with Gasteiger partial charge in [-0.25, -0.2) is 0 Å². The number of aryl methyl sites for hydroxylation is 1. The topological polar surface area (TPSA) is 12.0 Å². The van der Waals surface area contributed by atoms with Crippen molar-refractivity contribution in [3.63, 3.8) is 0 Å². The molecule has 0 amide bonds. The monoisotopic (exact) mass is 235 g/mol. The number of unbranched alkanes of at least 4 members (excludes halogenated alkanes) is 1. The predicted molar refractivity (Wildman–Crippen MR) is 73.1 cm³/mol. The fourth-order valence-electron chi connectivity index (χ4n) is 2.08. The Morgan fingerprint density at radius 1 is 1.31 bits per heavy atom. The van der Waals surface area contributed by atoms with E-state index in [9.17, 15) is 0 Å². The summed E-state index contributed by atoms with van der Waals surface area (Å²) in [5, 5.41) is 3.58. The van der Waals surface area contributed by atoms with Crippen LogP contribution in [0.3, 0.4) is 0 Å². The smallest absolute Gasteiger partial charge is 0.0412 e. The summed E-state index contributed by atoms with van der Waals surface area (Å²) in [5.41, 5.74) is 2.93. The molecule has 0 aromatic heterocycles. The van der Waals surface area contributed by atoms with Crippen LogP contribution in [0.1, 0.15) is 36.9 Å². The molecule has 1 aliphatic rings. The van der Waals surface area contributed by atoms with Gasteiger partial charge in [0.1, 0.15) is 0 Å². The molecule has 0 aliphatic carbocycles. The SMILES string of the molecule is CCCCc1ccc(C2CSCCN2)cc1. The van der Waals surface area contributed by atoms with E-state index in [-0.39, 0.29) is 0 Å². The van der Waals surface area contributed by atoms with Gasteiger partial charge in [-0.1, -0.05) is 37.6 Å². The minimum atomic E-state index is 0.568. The lowest BCUT2D eigenvalue weighted by Gasteiger charge is -2.23. The molecule has 0 bridgehead atoms. The van der Waals surface area contributed by atoms with Crippen molar-refractivity contribution in [2.45, 2.75) is 32.2 Å². The third kappa shape index (κ3) is 3.26. The Bertz CT molecular complexity index is 301. The van der Waals surface area contributed by atoms with Gasteiger partial charge >= 0.3 is 0 Å². The Morgan fingerprint density at radius 2 is 2.12 bits per heavy atom. The zero-order valence-electron chi connectivity index (χ0n) is 10.0. The van der Waals surface area contributed by atoms with E-state index >= 15 is 0 Å². The fraction of sp³-hybridized carbons (Fsp3) is 0.571. The van der Waals surface area contributed by atoms with Gasteiger partial charge in [0.2, 0.25) is 0 Å². The van der Waals surface area contributed by atoms with Gasteiger partial charge in [0.05, 0.1) is 0 Å². The van der Waals surface area contributed by atoms with Gasteiger partial charge in [0.15, 0.2) is 0 Å². The van der Waals surface area contributed by atoms with E-state index in [1.54, 1.807) is 0 Å². The molecular formula is C14H21NS. The molecule has 0 saturated carbocycles. The molecule has 1 atom stereocenters. The summed E-state index contributed by atoms with van der Waals surface area (Å²) in [4.78, 5) is 0. The van der Waals surface area contributed by atoms with E-state index in [1.165, 1.54) is 41.9 Å². The van der Waals surface area contributed by atoms with Crippen molar-refractivity contribution >= 4 is 11.8 Å². The maximum Gasteiger partial charge on any atom is 0.0412 e. The summed E-state index contributed by atoms with van der Waals surface area (Å²) in [7, 11) is 0. The van der Waals surface area contributed by atoms with Crippen LogP contribution >= 0.6 is 11.8 Å². The third-order valence-corrected chi connectivity index (χ3v) is 4.18. The quantitative estimate of drug-likeness (QED) is 0.858. The van der Waals surface area contributed by atoms with E-state index in [1.807, 2.05) is 0 Å². The molecule has 1 heterocycles. The molecule has 16 heavy (non-hydrogen) atoms. The van der Waals surface area contributed by atoms with Gasteiger partial charge in [-0.05, 0) is 24.0 Å². The van der Waals surface area contributed by atoms with Gasteiger partial charge < -0.3 is 5.32 Å². The van der Waals surface area contributed by atoms with E-state index < -0.39 is 0 Å². The molecule has 0 radical (unpaired) electrons. The first-order valence-electron chi connectivity index (χ1n) is 6.30. The second-order valence-corrected chi connectivity index (χ2v) is 5.58. The van der Waals surface area contributed by atoms with Crippen LogP contribution in [0.5, 0.6) is 0 Å². The average molecular weight is 235 g/mol. The minimum Gasteiger partial charge on any atom is -0.308 e. The van der Waals surface area contributed by atoms with Crippen molar-refractivity contribution < 1.29 is 0 Å². The molecule has 2 rings (SSSR count). The summed E-state index contributed by atoms with van der Waals surface area (Å²) < 4.78 is 0. The van der Waals surface area contributed by atoms with Crippen LogP contribution in [-0.2, 0) is 6.42 Å². The van der Waals surface area contributed by atoms with Crippen LogP contribution in [0.2, 0.25) is 0 Å². The van der Waals surface area contributed by atoms with Crippen LogP contribution in [0.15, 0.2) is 24.3 Å². The van der Waals surface area contributed by atoms with Crippen molar-refractivity contribution in [1.29, 1.82) is 0 Å². The van der Waals surface area contributed by atoms with Gasteiger partial charge in [0, 0.05) is 24.1 Å². The average Bonchev–Trinajstić information content (AvgIpc) is 2.38. The molecule has 1 N–H and O–H groups in total. The molecular weight excluding hydrogens is 214 g/mol. The van der Waals surface area contributed by atoms with Crippen LogP contribution in [0, 0.1) is 0 Å². The molecule has 2 heteroatoms. The first-order valence-corrected chi connectivity index (χ1v) is 7.45. The van der Waals surface area contributed by atoms with Gasteiger partial charge in [0.25, 0.3) is 0 Å². The minimum absolute atomic E-state index is 0.568. The fourth-order valence-corrected chi connectivity index (χ4v) is 3.05. The van der Waals surface area contributed by atoms with Gasteiger partial charge in [-0.15, -0.1) is 0 Å². The van der Waals surface area contributed by atoms with Crippen molar-refractivity contribution in [1.82, 2.24) is 5.32 Å². The summed E-state index contributed by atoms with van der Waals surface area (Å²) in [6.45, 7) is 3.39. The molecule has 1 fully saturated rings. The second-order valence-electron chi connectivity index (χ2n) is 4.43. The van der Waals surface area contributed by atoms with Crippen molar-refractivity contribution in [3.05, 3.63) is 35.4 Å². The maximum absolute atomic E-state index is 3.58. The number of rotatable bonds is 4. The Hall–Kier alpha value is -0.470. The van der Waals surface area contributed by atoms with E-state index in [4.69, 9.17) is 0 Å². The highest BCUT2D eigenvalue weighted by Gasteiger charge is 2.14. The number of hydrogen-bond donors (Lipinski definition) is 1. The first kappa shape index (κ1) is 12.0. The van der Waals surface area contributed by atoms with Gasteiger partial charge in [-0.2, -0.15) is 11.8 Å². The van der Waals surface area contributed by atoms with Crippen LogP contribution in [0.4, 0.5) is 0 Å². The Labute approximate surface area is 103 Å². The summed E-state index contributed by atoms with van der Waals surface area (Å²) in [6.07, 6.45) is 3.81. The molecule has 1 unspecified atom stereocenters.